The summed E-state index contributed by atoms with van der Waals surface area (Å²) in [5.74, 6) is -10.1. The largest absolute Gasteiger partial charge is 0.355 e. The standard InChI is InChI=1S/C26H13F5N4/c27-22-21(23(28)25(30)26(31)24(22)29)19-10-18-9-16-4-3-14(33-16)7-12-1-2-13(32-12)8-15-5-6-17(34-15)11-20(19)35-18/h1-11,33,35H. The highest BCUT2D eigenvalue weighted by atomic mass is 19.2. The van der Waals surface area contributed by atoms with Crippen molar-refractivity contribution in [3.05, 3.63) is 94.3 Å². The molecule has 2 aliphatic heterocycles. The van der Waals surface area contributed by atoms with E-state index in [1.165, 1.54) is 12.1 Å². The monoisotopic (exact) mass is 476 g/mol. The molecule has 0 atom stereocenters. The summed E-state index contributed by atoms with van der Waals surface area (Å²) in [7, 11) is 0. The molecule has 172 valence electrons. The van der Waals surface area contributed by atoms with Crippen molar-refractivity contribution in [3.63, 3.8) is 0 Å². The molecule has 6 rings (SSSR count). The molecule has 2 aliphatic rings. The third kappa shape index (κ3) is 3.61. The topological polar surface area (TPSA) is 57.4 Å². The number of aromatic nitrogens is 4. The number of nitrogens with zero attached hydrogens (tertiary/aromatic N) is 2. The molecule has 0 saturated heterocycles. The van der Waals surface area contributed by atoms with E-state index in [-0.39, 0.29) is 11.1 Å². The van der Waals surface area contributed by atoms with Gasteiger partial charge in [0.15, 0.2) is 23.3 Å². The number of aromatic amines is 2. The van der Waals surface area contributed by atoms with Gasteiger partial charge in [-0.15, -0.1) is 0 Å². The summed E-state index contributed by atoms with van der Waals surface area (Å²) in [5.41, 5.74) is 3.14. The maximum atomic E-state index is 14.7. The fourth-order valence-electron chi connectivity index (χ4n) is 4.07. The molecule has 0 unspecified atom stereocenters. The van der Waals surface area contributed by atoms with Crippen LogP contribution in [0.15, 0.2) is 42.5 Å². The van der Waals surface area contributed by atoms with Crippen LogP contribution in [0.4, 0.5) is 22.0 Å². The first-order chi connectivity index (χ1) is 16.9. The maximum Gasteiger partial charge on any atom is 0.200 e. The summed E-state index contributed by atoms with van der Waals surface area (Å²) in [5, 5.41) is 0. The number of hydrogen-bond acceptors (Lipinski definition) is 2. The van der Waals surface area contributed by atoms with Gasteiger partial charge in [-0.2, -0.15) is 0 Å². The molecule has 0 aliphatic carbocycles. The zero-order chi connectivity index (χ0) is 24.3. The van der Waals surface area contributed by atoms with E-state index in [1.54, 1.807) is 30.4 Å². The Balaban J connectivity index is 1.71. The smallest absolute Gasteiger partial charge is 0.200 e. The van der Waals surface area contributed by atoms with Crippen LogP contribution in [0, 0.1) is 29.1 Å². The summed E-state index contributed by atoms with van der Waals surface area (Å²) in [6.07, 6.45) is 7.11. The minimum absolute atomic E-state index is 0.128. The number of benzene rings is 1. The molecule has 0 fully saturated rings. The van der Waals surface area contributed by atoms with E-state index in [4.69, 9.17) is 0 Å². The average Bonchev–Trinajstić information content (AvgIpc) is 3.62. The normalized spacial score (nSPS) is 12.5. The van der Waals surface area contributed by atoms with Crippen LogP contribution in [0.3, 0.4) is 0 Å². The van der Waals surface area contributed by atoms with Gasteiger partial charge in [-0.3, -0.25) is 0 Å². The van der Waals surface area contributed by atoms with Crippen LogP contribution in [0.25, 0.3) is 57.5 Å². The van der Waals surface area contributed by atoms with Gasteiger partial charge in [0.2, 0.25) is 5.82 Å². The van der Waals surface area contributed by atoms with Crippen LogP contribution in [0.2, 0.25) is 0 Å². The highest BCUT2D eigenvalue weighted by Gasteiger charge is 2.27. The predicted octanol–water partition coefficient (Wildman–Crippen LogP) is 7.02. The third-order valence-electron chi connectivity index (χ3n) is 5.65. The van der Waals surface area contributed by atoms with Crippen molar-refractivity contribution in [1.82, 2.24) is 19.9 Å². The Bertz CT molecular complexity index is 1730. The lowest BCUT2D eigenvalue weighted by molar-refractivity contribution is 0.381. The Hall–Kier alpha value is -4.53. The van der Waals surface area contributed by atoms with Crippen LogP contribution in [0.5, 0.6) is 0 Å². The van der Waals surface area contributed by atoms with Gasteiger partial charge >= 0.3 is 0 Å². The Morgan fingerprint density at radius 3 is 1.63 bits per heavy atom. The molecule has 2 N–H and O–H groups in total. The lowest BCUT2D eigenvalue weighted by atomic mass is 10.0. The summed E-state index contributed by atoms with van der Waals surface area (Å²) in [4.78, 5) is 15.2. The molecule has 3 aromatic heterocycles. The van der Waals surface area contributed by atoms with Crippen molar-refractivity contribution in [2.75, 3.05) is 0 Å². The molecular weight excluding hydrogens is 463 g/mol. The van der Waals surface area contributed by atoms with Crippen LogP contribution in [-0.4, -0.2) is 19.9 Å². The van der Waals surface area contributed by atoms with Gasteiger partial charge in [0.25, 0.3) is 0 Å². The van der Waals surface area contributed by atoms with Crippen LogP contribution < -0.4 is 0 Å². The summed E-state index contributed by atoms with van der Waals surface area (Å²) in [6, 6.07) is 11.7. The molecule has 35 heavy (non-hydrogen) atoms. The maximum absolute atomic E-state index is 14.7. The van der Waals surface area contributed by atoms with Gasteiger partial charge in [-0.1, -0.05) is 0 Å². The SMILES string of the molecule is Fc1c(F)c(F)c(-c2cc3cc4ccc(cc5nc(cc6nc(cc2[nH]3)C=C6)C=C5)[nH]4)c(F)c1F. The number of halogens is 5. The number of rotatable bonds is 1. The zero-order valence-corrected chi connectivity index (χ0v) is 17.6. The second-order valence-corrected chi connectivity index (χ2v) is 8.03. The summed E-state index contributed by atoms with van der Waals surface area (Å²) >= 11 is 0. The first-order valence-electron chi connectivity index (χ1n) is 10.5. The molecule has 4 nitrogen and oxygen atoms in total. The first-order valence-corrected chi connectivity index (χ1v) is 10.5. The molecule has 1 aromatic carbocycles. The fraction of sp³-hybridized carbons (Fsp3) is 0. The van der Waals surface area contributed by atoms with E-state index >= 15 is 0 Å². The summed E-state index contributed by atoms with van der Waals surface area (Å²) < 4.78 is 71.0. The van der Waals surface area contributed by atoms with Gasteiger partial charge in [0.05, 0.1) is 28.3 Å². The quantitative estimate of drug-likeness (QED) is 0.152. The van der Waals surface area contributed by atoms with E-state index in [2.05, 4.69) is 19.9 Å². The molecule has 0 spiro atoms. The van der Waals surface area contributed by atoms with Gasteiger partial charge in [-0.05, 0) is 66.8 Å². The predicted molar refractivity (Wildman–Crippen MR) is 124 cm³/mol. The second kappa shape index (κ2) is 7.76. The third-order valence-corrected chi connectivity index (χ3v) is 5.65. The number of hydrogen-bond donors (Lipinski definition) is 2. The first kappa shape index (κ1) is 21.0. The Morgan fingerprint density at radius 2 is 1.00 bits per heavy atom. The molecule has 8 bridgehead atoms. The Labute approximate surface area is 194 Å². The minimum atomic E-state index is -2.21. The fourth-order valence-corrected chi connectivity index (χ4v) is 4.07. The van der Waals surface area contributed by atoms with Crippen molar-refractivity contribution in [2.24, 2.45) is 0 Å². The van der Waals surface area contributed by atoms with Crippen molar-refractivity contribution in [1.29, 1.82) is 0 Å². The molecular formula is C26H13F5N4. The minimum Gasteiger partial charge on any atom is -0.355 e. The Morgan fingerprint density at radius 1 is 0.486 bits per heavy atom. The van der Waals surface area contributed by atoms with Gasteiger partial charge in [-0.25, -0.2) is 31.9 Å². The second-order valence-electron chi connectivity index (χ2n) is 8.03. The zero-order valence-electron chi connectivity index (χ0n) is 17.6. The molecule has 4 aromatic rings. The van der Waals surface area contributed by atoms with Gasteiger partial charge in [0.1, 0.15) is 0 Å². The van der Waals surface area contributed by atoms with E-state index in [0.717, 1.165) is 11.2 Å². The van der Waals surface area contributed by atoms with E-state index in [9.17, 15) is 22.0 Å². The van der Waals surface area contributed by atoms with E-state index < -0.39 is 34.6 Å². The average molecular weight is 476 g/mol. The lowest BCUT2D eigenvalue weighted by Gasteiger charge is -2.07. The van der Waals surface area contributed by atoms with Crippen LogP contribution in [0.1, 0.15) is 22.8 Å². The van der Waals surface area contributed by atoms with Crippen molar-refractivity contribution in [3.8, 4) is 11.1 Å². The summed E-state index contributed by atoms with van der Waals surface area (Å²) in [6.45, 7) is 0. The number of H-pyrrole nitrogens is 2. The van der Waals surface area contributed by atoms with E-state index in [0.29, 0.717) is 28.1 Å². The van der Waals surface area contributed by atoms with Gasteiger partial charge < -0.3 is 9.97 Å². The number of fused-ring (bicyclic) bond motifs is 8. The Kier molecular flexibility index (Phi) is 4.67. The molecule has 0 saturated carbocycles. The highest BCUT2D eigenvalue weighted by Crippen LogP contribution is 2.35. The molecule has 0 radical (unpaired) electrons. The van der Waals surface area contributed by atoms with E-state index in [1.807, 2.05) is 24.3 Å². The van der Waals surface area contributed by atoms with Crippen LogP contribution >= 0.6 is 0 Å². The van der Waals surface area contributed by atoms with Crippen LogP contribution in [-0.2, 0) is 0 Å². The molecule has 9 heteroatoms. The molecule has 5 heterocycles. The lowest BCUT2D eigenvalue weighted by Crippen LogP contribution is -2.03. The van der Waals surface area contributed by atoms with Crippen molar-refractivity contribution >= 4 is 46.4 Å². The number of nitrogens with one attached hydrogen (secondary N) is 2. The van der Waals surface area contributed by atoms with Crippen molar-refractivity contribution in [2.45, 2.75) is 0 Å². The van der Waals surface area contributed by atoms with Gasteiger partial charge in [0, 0.05) is 27.6 Å². The highest BCUT2D eigenvalue weighted by molar-refractivity contribution is 5.88. The molecule has 0 amide bonds. The van der Waals surface area contributed by atoms with Crippen molar-refractivity contribution < 1.29 is 22.0 Å².